The second-order valence-electron chi connectivity index (χ2n) is 6.56. The molecule has 1 heterocycles. The van der Waals surface area contributed by atoms with Crippen molar-refractivity contribution in [3.63, 3.8) is 0 Å². The van der Waals surface area contributed by atoms with E-state index < -0.39 is 5.60 Å². The molecule has 128 valence electrons. The number of piperidine rings is 1. The van der Waals surface area contributed by atoms with Crippen LogP contribution in [0, 0.1) is 0 Å². The van der Waals surface area contributed by atoms with E-state index in [2.05, 4.69) is 11.8 Å². The highest BCUT2D eigenvalue weighted by Gasteiger charge is 2.33. The van der Waals surface area contributed by atoms with Crippen LogP contribution in [0.5, 0.6) is 0 Å². The van der Waals surface area contributed by atoms with Gasteiger partial charge in [0.15, 0.2) is 0 Å². The summed E-state index contributed by atoms with van der Waals surface area (Å²) in [4.78, 5) is 2.41. The molecule has 0 spiro atoms. The van der Waals surface area contributed by atoms with Gasteiger partial charge >= 0.3 is 0 Å². The molecule has 0 saturated carbocycles. The summed E-state index contributed by atoms with van der Waals surface area (Å²) in [6.07, 6.45) is 2.42. The quantitative estimate of drug-likeness (QED) is 0.883. The number of hydrogen-bond donors (Lipinski definition) is 1. The lowest BCUT2D eigenvalue weighted by Crippen LogP contribution is -2.42. The van der Waals surface area contributed by atoms with Crippen molar-refractivity contribution in [2.75, 3.05) is 26.2 Å². The van der Waals surface area contributed by atoms with Crippen LogP contribution in [0.1, 0.15) is 30.9 Å². The molecular weight excluding hydrogens is 298 g/mol. The monoisotopic (exact) mass is 325 g/mol. The van der Waals surface area contributed by atoms with Gasteiger partial charge in [-0.2, -0.15) is 0 Å². The Morgan fingerprint density at radius 3 is 2.17 bits per heavy atom. The van der Waals surface area contributed by atoms with E-state index in [0.717, 1.165) is 43.6 Å². The van der Waals surface area contributed by atoms with Gasteiger partial charge in [-0.15, -0.1) is 0 Å². The first-order valence-corrected chi connectivity index (χ1v) is 8.90. The number of hydrogen-bond acceptors (Lipinski definition) is 3. The molecular formula is C21H27NO2. The summed E-state index contributed by atoms with van der Waals surface area (Å²) in [5.41, 5.74) is 0.635. The zero-order valence-electron chi connectivity index (χ0n) is 14.4. The van der Waals surface area contributed by atoms with Gasteiger partial charge in [-0.25, -0.2) is 0 Å². The second-order valence-corrected chi connectivity index (χ2v) is 6.56. The molecule has 1 aliphatic heterocycles. The summed E-state index contributed by atoms with van der Waals surface area (Å²) in [6, 6.07) is 19.7. The number of likely N-dealkylation sites (tertiary alicyclic amines) is 1. The Labute approximate surface area is 144 Å². The molecule has 3 rings (SSSR count). The first-order valence-electron chi connectivity index (χ1n) is 8.90. The molecule has 0 aliphatic carbocycles. The van der Waals surface area contributed by atoms with Crippen LogP contribution >= 0.6 is 0 Å². The van der Waals surface area contributed by atoms with Gasteiger partial charge in [-0.1, -0.05) is 67.6 Å². The summed E-state index contributed by atoms with van der Waals surface area (Å²) in [5.74, 6) is 0. The predicted molar refractivity (Wildman–Crippen MR) is 97.0 cm³/mol. The molecule has 2 aromatic rings. The maximum absolute atomic E-state index is 11.5. The first-order chi connectivity index (χ1) is 11.7. The third-order valence-corrected chi connectivity index (χ3v) is 4.94. The van der Waals surface area contributed by atoms with Crippen LogP contribution in [0.3, 0.4) is 0 Å². The lowest BCUT2D eigenvalue weighted by Gasteiger charge is -2.35. The molecule has 1 unspecified atom stereocenters. The number of nitrogens with zero attached hydrogens (tertiary/aromatic N) is 1. The molecule has 1 N–H and O–H groups in total. The van der Waals surface area contributed by atoms with Crippen LogP contribution in [0.25, 0.3) is 0 Å². The highest BCUT2D eigenvalue weighted by Crippen LogP contribution is 2.31. The van der Waals surface area contributed by atoms with Crippen molar-refractivity contribution in [3.8, 4) is 0 Å². The third kappa shape index (κ3) is 3.86. The largest absolute Gasteiger partial charge is 0.378 e. The average molecular weight is 325 g/mol. The van der Waals surface area contributed by atoms with Gasteiger partial charge in [-0.05, 0) is 37.1 Å². The van der Waals surface area contributed by atoms with E-state index in [-0.39, 0.29) is 12.7 Å². The maximum Gasteiger partial charge on any atom is 0.138 e. The fourth-order valence-corrected chi connectivity index (χ4v) is 3.44. The topological polar surface area (TPSA) is 32.7 Å². The van der Waals surface area contributed by atoms with Crippen LogP contribution in [-0.4, -0.2) is 42.4 Å². The van der Waals surface area contributed by atoms with Gasteiger partial charge in [0, 0.05) is 6.54 Å². The molecule has 3 heteroatoms. The van der Waals surface area contributed by atoms with Gasteiger partial charge in [0.1, 0.15) is 5.60 Å². The fraction of sp³-hybridized carbons (Fsp3) is 0.429. The van der Waals surface area contributed by atoms with Gasteiger partial charge in [-0.3, -0.25) is 0 Å². The van der Waals surface area contributed by atoms with Gasteiger partial charge in [0.25, 0.3) is 0 Å². The summed E-state index contributed by atoms with van der Waals surface area (Å²) in [7, 11) is 0. The summed E-state index contributed by atoms with van der Waals surface area (Å²) in [5, 5.41) is 11.5. The van der Waals surface area contributed by atoms with Crippen molar-refractivity contribution in [1.29, 1.82) is 0 Å². The minimum Gasteiger partial charge on any atom is -0.378 e. The van der Waals surface area contributed by atoms with E-state index in [4.69, 9.17) is 4.74 Å². The Balaban J connectivity index is 1.78. The van der Waals surface area contributed by atoms with Crippen molar-refractivity contribution in [1.82, 2.24) is 4.90 Å². The van der Waals surface area contributed by atoms with Gasteiger partial charge in [0.05, 0.1) is 12.7 Å². The SMILES string of the molecule is CCN1CCCC(OCC(O)(c2ccccc2)c2ccccc2)C1. The van der Waals surface area contributed by atoms with E-state index in [1.807, 2.05) is 60.7 Å². The van der Waals surface area contributed by atoms with Gasteiger partial charge in [0.2, 0.25) is 0 Å². The minimum absolute atomic E-state index is 0.192. The van der Waals surface area contributed by atoms with E-state index in [0.29, 0.717) is 0 Å². The van der Waals surface area contributed by atoms with E-state index in [1.165, 1.54) is 0 Å². The Morgan fingerprint density at radius 2 is 1.62 bits per heavy atom. The van der Waals surface area contributed by atoms with Crippen molar-refractivity contribution >= 4 is 0 Å². The van der Waals surface area contributed by atoms with Crippen LogP contribution in [0.2, 0.25) is 0 Å². The number of likely N-dealkylation sites (N-methyl/N-ethyl adjacent to an activating group) is 1. The number of ether oxygens (including phenoxy) is 1. The summed E-state index contributed by atoms with van der Waals surface area (Å²) < 4.78 is 6.20. The second kappa shape index (κ2) is 7.93. The normalized spacial score (nSPS) is 19.3. The highest BCUT2D eigenvalue weighted by molar-refractivity contribution is 5.36. The molecule has 24 heavy (non-hydrogen) atoms. The third-order valence-electron chi connectivity index (χ3n) is 4.94. The van der Waals surface area contributed by atoms with Crippen molar-refractivity contribution in [2.45, 2.75) is 31.5 Å². The van der Waals surface area contributed by atoms with E-state index in [9.17, 15) is 5.11 Å². The molecule has 0 aromatic heterocycles. The van der Waals surface area contributed by atoms with Crippen molar-refractivity contribution in [2.24, 2.45) is 0 Å². The Bertz CT molecular complexity index is 575. The summed E-state index contributed by atoms with van der Waals surface area (Å²) >= 11 is 0. The van der Waals surface area contributed by atoms with Crippen LogP contribution in [0.4, 0.5) is 0 Å². The van der Waals surface area contributed by atoms with Crippen LogP contribution in [-0.2, 0) is 10.3 Å². The molecule has 1 aliphatic rings. The average Bonchev–Trinajstić information content (AvgIpc) is 2.67. The van der Waals surface area contributed by atoms with E-state index in [1.54, 1.807) is 0 Å². The Hall–Kier alpha value is -1.68. The molecule has 1 atom stereocenters. The number of rotatable bonds is 6. The lowest BCUT2D eigenvalue weighted by atomic mass is 9.87. The summed E-state index contributed by atoms with van der Waals surface area (Å²) in [6.45, 7) is 5.63. The highest BCUT2D eigenvalue weighted by atomic mass is 16.5. The van der Waals surface area contributed by atoms with Crippen molar-refractivity contribution < 1.29 is 9.84 Å². The molecule has 1 fully saturated rings. The molecule has 3 nitrogen and oxygen atoms in total. The Kier molecular flexibility index (Phi) is 5.67. The number of benzene rings is 2. The van der Waals surface area contributed by atoms with Crippen LogP contribution in [0.15, 0.2) is 60.7 Å². The van der Waals surface area contributed by atoms with Gasteiger partial charge < -0.3 is 14.7 Å². The molecule has 0 amide bonds. The lowest BCUT2D eigenvalue weighted by molar-refractivity contribution is -0.0732. The molecule has 0 radical (unpaired) electrons. The first kappa shape index (κ1) is 17.2. The molecule has 1 saturated heterocycles. The fourth-order valence-electron chi connectivity index (χ4n) is 3.44. The smallest absolute Gasteiger partial charge is 0.138 e. The predicted octanol–water partition coefficient (Wildman–Crippen LogP) is 3.42. The number of aliphatic hydroxyl groups is 1. The zero-order chi connectivity index (χ0) is 16.8. The maximum atomic E-state index is 11.5. The molecule has 0 bridgehead atoms. The van der Waals surface area contributed by atoms with Crippen molar-refractivity contribution in [3.05, 3.63) is 71.8 Å². The zero-order valence-corrected chi connectivity index (χ0v) is 14.4. The molecule has 2 aromatic carbocycles. The van der Waals surface area contributed by atoms with E-state index >= 15 is 0 Å². The standard InChI is InChI=1S/C21H27NO2/c1-2-22-15-9-14-20(16-22)24-17-21(23,18-10-5-3-6-11-18)19-12-7-4-8-13-19/h3-8,10-13,20,23H,2,9,14-17H2,1H3. The minimum atomic E-state index is -1.11. The Morgan fingerprint density at radius 1 is 1.04 bits per heavy atom. The van der Waals surface area contributed by atoms with Crippen LogP contribution < -0.4 is 0 Å².